The van der Waals surface area contributed by atoms with E-state index in [4.69, 9.17) is 4.42 Å². The molecule has 4 rings (SSSR count). The molecule has 0 atom stereocenters. The van der Waals surface area contributed by atoms with E-state index in [2.05, 4.69) is 15.2 Å². The lowest BCUT2D eigenvalue weighted by Gasteiger charge is -2.11. The fourth-order valence-corrected chi connectivity index (χ4v) is 2.59. The number of aromatic nitrogens is 3. The van der Waals surface area contributed by atoms with Gasteiger partial charge >= 0.3 is 0 Å². The van der Waals surface area contributed by atoms with Crippen LogP contribution in [0, 0.1) is 18.6 Å². The van der Waals surface area contributed by atoms with Crippen molar-refractivity contribution in [2.24, 2.45) is 0 Å². The van der Waals surface area contributed by atoms with Crippen LogP contribution in [0.25, 0.3) is 33.1 Å². The molecule has 3 aromatic heterocycles. The molecule has 118 valence electrons. The third-order valence-electron chi connectivity index (χ3n) is 3.72. The SMILES string of the molecule is Cc1c(O)c(F)c2c(c(-c3ccoc3)nc3[nH]ncc32)c1F.Cl. The minimum atomic E-state index is -0.896. The maximum atomic E-state index is 14.7. The normalized spacial score (nSPS) is 11.1. The van der Waals surface area contributed by atoms with Crippen molar-refractivity contribution >= 4 is 34.2 Å². The second kappa shape index (κ2) is 5.20. The molecule has 0 aliphatic carbocycles. The van der Waals surface area contributed by atoms with Gasteiger partial charge in [0, 0.05) is 27.3 Å². The van der Waals surface area contributed by atoms with E-state index >= 15 is 0 Å². The van der Waals surface area contributed by atoms with Gasteiger partial charge in [0.05, 0.1) is 24.4 Å². The summed E-state index contributed by atoms with van der Waals surface area (Å²) in [7, 11) is 0. The molecule has 2 N–H and O–H groups in total. The highest BCUT2D eigenvalue weighted by Gasteiger charge is 2.24. The number of rotatable bonds is 1. The van der Waals surface area contributed by atoms with Crippen molar-refractivity contribution in [3.63, 3.8) is 0 Å². The predicted octanol–water partition coefficient (Wildman–Crippen LogP) is 4.09. The van der Waals surface area contributed by atoms with Crippen molar-refractivity contribution in [1.82, 2.24) is 15.2 Å². The molecule has 0 unspecified atom stereocenters. The Hall–Kier alpha value is -2.67. The van der Waals surface area contributed by atoms with E-state index in [9.17, 15) is 13.9 Å². The van der Waals surface area contributed by atoms with Crippen LogP contribution >= 0.6 is 12.4 Å². The number of phenols is 1. The average Bonchev–Trinajstić information content (AvgIpc) is 3.19. The van der Waals surface area contributed by atoms with E-state index in [0.29, 0.717) is 16.6 Å². The van der Waals surface area contributed by atoms with Gasteiger partial charge in [-0.1, -0.05) is 0 Å². The molecule has 0 radical (unpaired) electrons. The van der Waals surface area contributed by atoms with Crippen LogP contribution in [-0.2, 0) is 0 Å². The second-order valence-corrected chi connectivity index (χ2v) is 4.96. The molecule has 0 fully saturated rings. The maximum Gasteiger partial charge on any atom is 0.173 e. The summed E-state index contributed by atoms with van der Waals surface area (Å²) in [5, 5.41) is 16.5. The van der Waals surface area contributed by atoms with Crippen LogP contribution in [0.5, 0.6) is 5.75 Å². The molecular formula is C15H10ClF2N3O2. The predicted molar refractivity (Wildman–Crippen MR) is 82.7 cm³/mol. The number of hydrogen-bond donors (Lipinski definition) is 2. The summed E-state index contributed by atoms with van der Waals surface area (Å²) in [6, 6.07) is 1.60. The molecule has 0 spiro atoms. The van der Waals surface area contributed by atoms with Crippen LogP contribution in [0.15, 0.2) is 29.2 Å². The van der Waals surface area contributed by atoms with Gasteiger partial charge in [-0.25, -0.2) is 13.8 Å². The van der Waals surface area contributed by atoms with E-state index in [1.54, 1.807) is 6.07 Å². The Bertz CT molecular complexity index is 1030. The molecule has 0 saturated heterocycles. The summed E-state index contributed by atoms with van der Waals surface area (Å²) in [6.45, 7) is 1.31. The molecule has 0 bridgehead atoms. The number of hydrogen-bond acceptors (Lipinski definition) is 4. The molecule has 0 amide bonds. The first kappa shape index (κ1) is 15.2. The highest BCUT2D eigenvalue weighted by Crippen LogP contribution is 2.40. The number of nitrogens with zero attached hydrogens (tertiary/aromatic N) is 2. The third-order valence-corrected chi connectivity index (χ3v) is 3.72. The molecule has 1 aromatic carbocycles. The van der Waals surface area contributed by atoms with E-state index in [1.165, 1.54) is 25.6 Å². The first-order valence-electron chi connectivity index (χ1n) is 6.45. The first-order chi connectivity index (χ1) is 10.6. The van der Waals surface area contributed by atoms with Gasteiger partial charge in [-0.15, -0.1) is 12.4 Å². The number of pyridine rings is 1. The van der Waals surface area contributed by atoms with Gasteiger partial charge in [0.15, 0.2) is 17.2 Å². The first-order valence-corrected chi connectivity index (χ1v) is 6.45. The summed E-state index contributed by atoms with van der Waals surface area (Å²) in [4.78, 5) is 4.31. The molecule has 0 saturated carbocycles. The van der Waals surface area contributed by atoms with Gasteiger partial charge < -0.3 is 9.52 Å². The van der Waals surface area contributed by atoms with Crippen molar-refractivity contribution in [3.05, 3.63) is 42.0 Å². The van der Waals surface area contributed by atoms with Crippen molar-refractivity contribution in [1.29, 1.82) is 0 Å². The van der Waals surface area contributed by atoms with Crippen molar-refractivity contribution in [2.75, 3.05) is 0 Å². The number of fused-ring (bicyclic) bond motifs is 3. The summed E-state index contributed by atoms with van der Waals surface area (Å²) in [6.07, 6.45) is 4.16. The standard InChI is InChI=1S/C15H9F2N3O2.ClH/c1-6-11(16)10-9(12(17)14(6)21)8-4-18-20-15(8)19-13(10)7-2-3-22-5-7;/h2-5,21H,1H3,(H,18,19,20);1H. The van der Waals surface area contributed by atoms with Gasteiger partial charge in [0.1, 0.15) is 5.82 Å². The molecule has 5 nitrogen and oxygen atoms in total. The van der Waals surface area contributed by atoms with Crippen molar-refractivity contribution < 1.29 is 18.3 Å². The molecule has 4 aromatic rings. The topological polar surface area (TPSA) is 74.9 Å². The highest BCUT2D eigenvalue weighted by atomic mass is 35.5. The monoisotopic (exact) mass is 337 g/mol. The Morgan fingerprint density at radius 2 is 2.00 bits per heavy atom. The number of aromatic amines is 1. The zero-order valence-electron chi connectivity index (χ0n) is 11.7. The van der Waals surface area contributed by atoms with Gasteiger partial charge in [0.25, 0.3) is 0 Å². The zero-order chi connectivity index (χ0) is 15.4. The fourth-order valence-electron chi connectivity index (χ4n) is 2.59. The minimum absolute atomic E-state index is 0. The summed E-state index contributed by atoms with van der Waals surface area (Å²) in [5.41, 5.74) is 0.856. The Kier molecular flexibility index (Phi) is 3.45. The van der Waals surface area contributed by atoms with Crippen molar-refractivity contribution in [2.45, 2.75) is 6.92 Å². The van der Waals surface area contributed by atoms with Crippen LogP contribution in [-0.4, -0.2) is 20.3 Å². The van der Waals surface area contributed by atoms with E-state index < -0.39 is 17.4 Å². The number of phenolic OH excluding ortho intramolecular Hbond substituents is 1. The van der Waals surface area contributed by atoms with Gasteiger partial charge in [-0.05, 0) is 13.0 Å². The fraction of sp³-hybridized carbons (Fsp3) is 0.0667. The summed E-state index contributed by atoms with van der Waals surface area (Å²) in [5.74, 6) is -2.33. The average molecular weight is 338 g/mol. The minimum Gasteiger partial charge on any atom is -0.505 e. The lowest BCUT2D eigenvalue weighted by molar-refractivity contribution is 0.426. The molecule has 23 heavy (non-hydrogen) atoms. The van der Waals surface area contributed by atoms with Crippen LogP contribution in [0.2, 0.25) is 0 Å². The Labute approximate surface area is 134 Å². The van der Waals surface area contributed by atoms with E-state index in [0.717, 1.165) is 0 Å². The smallest absolute Gasteiger partial charge is 0.173 e. The van der Waals surface area contributed by atoms with Crippen LogP contribution in [0.3, 0.4) is 0 Å². The number of H-pyrrole nitrogens is 1. The largest absolute Gasteiger partial charge is 0.505 e. The van der Waals surface area contributed by atoms with Gasteiger partial charge in [0.2, 0.25) is 0 Å². The van der Waals surface area contributed by atoms with Gasteiger partial charge in [-0.2, -0.15) is 5.10 Å². The summed E-state index contributed by atoms with van der Waals surface area (Å²) < 4.78 is 34.3. The Balaban J connectivity index is 0.00000156. The summed E-state index contributed by atoms with van der Waals surface area (Å²) >= 11 is 0. The van der Waals surface area contributed by atoms with Crippen LogP contribution < -0.4 is 0 Å². The Morgan fingerprint density at radius 1 is 1.22 bits per heavy atom. The zero-order valence-corrected chi connectivity index (χ0v) is 12.5. The van der Waals surface area contributed by atoms with E-state index in [-0.39, 0.29) is 34.4 Å². The van der Waals surface area contributed by atoms with Gasteiger partial charge in [-0.3, -0.25) is 5.10 Å². The van der Waals surface area contributed by atoms with Crippen molar-refractivity contribution in [3.8, 4) is 17.0 Å². The molecule has 3 heterocycles. The molecular weight excluding hydrogens is 328 g/mol. The van der Waals surface area contributed by atoms with Crippen LogP contribution in [0.4, 0.5) is 8.78 Å². The number of nitrogens with one attached hydrogen (secondary N) is 1. The number of aromatic hydroxyl groups is 1. The number of halogens is 3. The molecule has 0 aliphatic heterocycles. The second-order valence-electron chi connectivity index (χ2n) is 4.96. The third kappa shape index (κ3) is 1.97. The molecule has 0 aliphatic rings. The molecule has 8 heteroatoms. The number of benzene rings is 1. The lowest BCUT2D eigenvalue weighted by atomic mass is 9.99. The quantitative estimate of drug-likeness (QED) is 0.548. The van der Waals surface area contributed by atoms with E-state index in [1.807, 2.05) is 0 Å². The Morgan fingerprint density at radius 3 is 2.70 bits per heavy atom. The van der Waals surface area contributed by atoms with Crippen LogP contribution in [0.1, 0.15) is 5.56 Å². The lowest BCUT2D eigenvalue weighted by Crippen LogP contribution is -1.97. The highest BCUT2D eigenvalue weighted by molar-refractivity contribution is 6.11. The maximum absolute atomic E-state index is 14.7. The number of furan rings is 1.